The highest BCUT2D eigenvalue weighted by molar-refractivity contribution is 7.92. The Balaban J connectivity index is 2.98. The Hall–Kier alpha value is -1.84. The van der Waals surface area contributed by atoms with E-state index in [0.29, 0.717) is 5.69 Å². The maximum atomic E-state index is 11.8. The van der Waals surface area contributed by atoms with Gasteiger partial charge in [0.2, 0.25) is 5.91 Å². The number of nitrogens with two attached hydrogens (primary N) is 1. The van der Waals surface area contributed by atoms with Gasteiger partial charge in [0.15, 0.2) is 9.84 Å². The second kappa shape index (κ2) is 6.55. The maximum absolute atomic E-state index is 11.8. The van der Waals surface area contributed by atoms with Crippen LogP contribution in [0.25, 0.3) is 0 Å². The molecule has 1 aromatic rings. The number of benzene rings is 1. The first-order chi connectivity index (χ1) is 9.24. The van der Waals surface area contributed by atoms with Crippen LogP contribution in [0.15, 0.2) is 18.2 Å². The minimum absolute atomic E-state index is 0.251. The van der Waals surface area contributed by atoms with E-state index >= 15 is 0 Å². The van der Waals surface area contributed by atoms with E-state index in [0.717, 1.165) is 17.4 Å². The lowest BCUT2D eigenvalue weighted by Gasteiger charge is -2.11. The Labute approximate surface area is 119 Å². The van der Waals surface area contributed by atoms with Crippen LogP contribution >= 0.6 is 0 Å². The predicted molar refractivity (Wildman–Crippen MR) is 80.0 cm³/mol. The fourth-order valence-electron chi connectivity index (χ4n) is 1.52. The summed E-state index contributed by atoms with van der Waals surface area (Å²) in [5, 5.41) is 1.49. The second-order valence-electron chi connectivity index (χ2n) is 4.55. The molecule has 0 spiro atoms. The third-order valence-electron chi connectivity index (χ3n) is 2.69. The van der Waals surface area contributed by atoms with Gasteiger partial charge in [0.05, 0.1) is 6.54 Å². The molecule has 0 aliphatic rings. The molecule has 20 heavy (non-hydrogen) atoms. The molecule has 0 bridgehead atoms. The van der Waals surface area contributed by atoms with Crippen molar-refractivity contribution in [3.63, 3.8) is 0 Å². The quantitative estimate of drug-likeness (QED) is 0.802. The van der Waals surface area contributed by atoms with Crippen LogP contribution in [-0.2, 0) is 14.6 Å². The number of aryl methyl sites for hydroxylation is 1. The van der Waals surface area contributed by atoms with Crippen molar-refractivity contribution in [2.45, 2.75) is 19.1 Å². The van der Waals surface area contributed by atoms with Crippen LogP contribution in [0.1, 0.15) is 18.1 Å². The van der Waals surface area contributed by atoms with Crippen molar-refractivity contribution in [1.82, 2.24) is 0 Å². The molecule has 0 aliphatic carbocycles. The smallest absolute Gasteiger partial charge is 0.242 e. The fraction of sp³-hybridized carbons (Fsp3) is 0.357. The zero-order chi connectivity index (χ0) is 15.3. The van der Waals surface area contributed by atoms with Gasteiger partial charge in [-0.05, 0) is 37.6 Å². The van der Waals surface area contributed by atoms with E-state index in [-0.39, 0.29) is 6.54 Å². The van der Waals surface area contributed by atoms with Crippen LogP contribution in [0.5, 0.6) is 0 Å². The highest BCUT2D eigenvalue weighted by Crippen LogP contribution is 2.15. The van der Waals surface area contributed by atoms with Crippen LogP contribution in [0, 0.1) is 18.8 Å². The molecular formula is C14H18N2O3S. The number of nitrogens with one attached hydrogen (secondary N) is 1. The summed E-state index contributed by atoms with van der Waals surface area (Å²) in [5.41, 5.74) is 7.46. The molecule has 0 radical (unpaired) electrons. The van der Waals surface area contributed by atoms with E-state index in [1.54, 1.807) is 12.1 Å². The highest BCUT2D eigenvalue weighted by Gasteiger charge is 2.23. The topological polar surface area (TPSA) is 89.3 Å². The number of sulfone groups is 1. The molecule has 0 saturated carbocycles. The Morgan fingerprint density at radius 2 is 2.05 bits per heavy atom. The average molecular weight is 294 g/mol. The molecule has 5 nitrogen and oxygen atoms in total. The van der Waals surface area contributed by atoms with Crippen LogP contribution in [0.4, 0.5) is 5.69 Å². The lowest BCUT2D eigenvalue weighted by atomic mass is 10.1. The number of rotatable bonds is 3. The Bertz CT molecular complexity index is 669. The summed E-state index contributed by atoms with van der Waals surface area (Å²) in [6.07, 6.45) is 1.03. The number of carbonyl (C=O) groups is 1. The molecule has 0 heterocycles. The van der Waals surface area contributed by atoms with Crippen molar-refractivity contribution in [2.75, 3.05) is 18.1 Å². The van der Waals surface area contributed by atoms with Gasteiger partial charge in [0, 0.05) is 17.5 Å². The Kier molecular flexibility index (Phi) is 5.31. The lowest BCUT2D eigenvalue weighted by molar-refractivity contribution is -0.115. The highest BCUT2D eigenvalue weighted by atomic mass is 32.2. The number of hydrogen-bond donors (Lipinski definition) is 2. The minimum atomic E-state index is -3.41. The van der Waals surface area contributed by atoms with E-state index in [1.165, 1.54) is 6.92 Å². The number of anilines is 1. The molecular weight excluding hydrogens is 276 g/mol. The molecule has 108 valence electrons. The summed E-state index contributed by atoms with van der Waals surface area (Å²) in [6, 6.07) is 5.29. The molecule has 1 amide bonds. The van der Waals surface area contributed by atoms with Gasteiger partial charge in [-0.1, -0.05) is 11.8 Å². The molecule has 0 saturated heterocycles. The lowest BCUT2D eigenvalue weighted by Crippen LogP contribution is -2.31. The molecule has 1 unspecified atom stereocenters. The van der Waals surface area contributed by atoms with Crippen molar-refractivity contribution >= 4 is 21.4 Å². The summed E-state index contributed by atoms with van der Waals surface area (Å²) in [4.78, 5) is 11.8. The predicted octanol–water partition coefficient (Wildman–Crippen LogP) is 0.677. The second-order valence-corrected chi connectivity index (χ2v) is 6.92. The summed E-state index contributed by atoms with van der Waals surface area (Å²) in [5.74, 6) is 5.04. The normalized spacial score (nSPS) is 12.2. The monoisotopic (exact) mass is 294 g/mol. The third-order valence-corrected chi connectivity index (χ3v) is 4.19. The molecule has 0 aliphatic heterocycles. The molecule has 1 aromatic carbocycles. The molecule has 1 rings (SSSR count). The first kappa shape index (κ1) is 16.2. The third kappa shape index (κ3) is 4.68. The molecule has 3 N–H and O–H groups in total. The van der Waals surface area contributed by atoms with E-state index < -0.39 is 21.0 Å². The zero-order valence-corrected chi connectivity index (χ0v) is 12.5. The summed E-state index contributed by atoms with van der Waals surface area (Å²) in [6.45, 7) is 3.47. The van der Waals surface area contributed by atoms with Gasteiger partial charge in [0.1, 0.15) is 5.25 Å². The summed E-state index contributed by atoms with van der Waals surface area (Å²) in [7, 11) is -3.41. The SMILES string of the molecule is Cc1cc(C#CCN)cc(NC(=O)C(C)S(C)(=O)=O)c1. The van der Waals surface area contributed by atoms with E-state index in [9.17, 15) is 13.2 Å². The van der Waals surface area contributed by atoms with Gasteiger partial charge in [-0.15, -0.1) is 0 Å². The van der Waals surface area contributed by atoms with Crippen molar-refractivity contribution in [3.8, 4) is 11.8 Å². The van der Waals surface area contributed by atoms with Crippen LogP contribution in [0.3, 0.4) is 0 Å². The zero-order valence-electron chi connectivity index (χ0n) is 11.7. The van der Waals surface area contributed by atoms with Crippen molar-refractivity contribution in [2.24, 2.45) is 5.73 Å². The van der Waals surface area contributed by atoms with Crippen molar-refractivity contribution in [3.05, 3.63) is 29.3 Å². The average Bonchev–Trinajstić information content (AvgIpc) is 2.33. The van der Waals surface area contributed by atoms with Gasteiger partial charge < -0.3 is 11.1 Å². The van der Waals surface area contributed by atoms with Gasteiger partial charge in [-0.2, -0.15) is 0 Å². The van der Waals surface area contributed by atoms with Gasteiger partial charge in [-0.25, -0.2) is 8.42 Å². The first-order valence-electron chi connectivity index (χ1n) is 6.04. The number of hydrogen-bond acceptors (Lipinski definition) is 4. The molecule has 0 fully saturated rings. The van der Waals surface area contributed by atoms with Gasteiger partial charge >= 0.3 is 0 Å². The molecule has 6 heteroatoms. The maximum Gasteiger partial charge on any atom is 0.242 e. The van der Waals surface area contributed by atoms with E-state index in [2.05, 4.69) is 17.2 Å². The van der Waals surface area contributed by atoms with Crippen LogP contribution in [0.2, 0.25) is 0 Å². The van der Waals surface area contributed by atoms with Crippen molar-refractivity contribution < 1.29 is 13.2 Å². The molecule has 1 atom stereocenters. The summed E-state index contributed by atoms with van der Waals surface area (Å²) >= 11 is 0. The van der Waals surface area contributed by atoms with E-state index in [1.807, 2.05) is 13.0 Å². The number of amides is 1. The first-order valence-corrected chi connectivity index (χ1v) is 8.00. The minimum Gasteiger partial charge on any atom is -0.325 e. The van der Waals surface area contributed by atoms with Crippen LogP contribution in [-0.4, -0.2) is 32.4 Å². The van der Waals surface area contributed by atoms with Gasteiger partial charge in [-0.3, -0.25) is 4.79 Å². The fourth-order valence-corrected chi connectivity index (χ4v) is 1.97. The van der Waals surface area contributed by atoms with E-state index in [4.69, 9.17) is 5.73 Å². The van der Waals surface area contributed by atoms with Crippen molar-refractivity contribution in [1.29, 1.82) is 0 Å². The Morgan fingerprint density at radius 3 is 2.60 bits per heavy atom. The number of carbonyl (C=O) groups excluding carboxylic acids is 1. The standard InChI is InChI=1S/C14H18N2O3S/c1-10-7-12(5-4-6-15)9-13(8-10)16-14(17)11(2)20(3,18)19/h7-9,11H,6,15H2,1-3H3,(H,16,17). The largest absolute Gasteiger partial charge is 0.325 e. The summed E-state index contributed by atoms with van der Waals surface area (Å²) < 4.78 is 22.7. The Morgan fingerprint density at radius 1 is 1.40 bits per heavy atom. The van der Waals surface area contributed by atoms with Gasteiger partial charge in [0.25, 0.3) is 0 Å². The van der Waals surface area contributed by atoms with Crippen LogP contribution < -0.4 is 11.1 Å². The molecule has 0 aromatic heterocycles.